The molecular weight excluding hydrogens is 250 g/mol. The van der Waals surface area contributed by atoms with E-state index in [4.69, 9.17) is 13.9 Å². The Morgan fingerprint density at radius 1 is 1.47 bits per heavy atom. The molecule has 0 saturated carbocycles. The SMILES string of the molecule is CCOC(=O)C1(c2ccc3oc(=O)[nH]c3c2)COC1. The monoisotopic (exact) mass is 263 g/mol. The molecule has 1 N–H and O–H groups in total. The molecule has 0 unspecified atom stereocenters. The highest BCUT2D eigenvalue weighted by Gasteiger charge is 2.49. The molecule has 0 aliphatic carbocycles. The van der Waals surface area contributed by atoms with E-state index in [1.807, 2.05) is 0 Å². The summed E-state index contributed by atoms with van der Waals surface area (Å²) in [6.07, 6.45) is 0. The van der Waals surface area contributed by atoms with Gasteiger partial charge in [-0.3, -0.25) is 9.78 Å². The van der Waals surface area contributed by atoms with Crippen molar-refractivity contribution in [2.24, 2.45) is 0 Å². The van der Waals surface area contributed by atoms with Gasteiger partial charge in [0.2, 0.25) is 0 Å². The van der Waals surface area contributed by atoms with Gasteiger partial charge in [0.25, 0.3) is 0 Å². The number of aromatic nitrogens is 1. The van der Waals surface area contributed by atoms with Crippen LogP contribution >= 0.6 is 0 Å². The number of hydrogen-bond donors (Lipinski definition) is 1. The summed E-state index contributed by atoms with van der Waals surface area (Å²) in [6.45, 7) is 2.67. The number of hydrogen-bond acceptors (Lipinski definition) is 5. The van der Waals surface area contributed by atoms with Crippen LogP contribution in [0.4, 0.5) is 0 Å². The number of benzene rings is 1. The van der Waals surface area contributed by atoms with Crippen molar-refractivity contribution >= 4 is 17.1 Å². The van der Waals surface area contributed by atoms with Gasteiger partial charge in [0.05, 0.1) is 25.3 Å². The summed E-state index contributed by atoms with van der Waals surface area (Å²) in [6, 6.07) is 5.17. The Bertz CT molecular complexity index is 680. The van der Waals surface area contributed by atoms with E-state index in [-0.39, 0.29) is 5.97 Å². The first-order chi connectivity index (χ1) is 9.15. The zero-order valence-electron chi connectivity index (χ0n) is 10.4. The Hall–Kier alpha value is -2.08. The highest BCUT2D eigenvalue weighted by Crippen LogP contribution is 2.35. The minimum Gasteiger partial charge on any atom is -0.465 e. The van der Waals surface area contributed by atoms with Gasteiger partial charge in [-0.25, -0.2) is 4.79 Å². The van der Waals surface area contributed by atoms with E-state index in [0.717, 1.165) is 5.56 Å². The number of fused-ring (bicyclic) bond motifs is 1. The quantitative estimate of drug-likeness (QED) is 0.834. The number of ether oxygens (including phenoxy) is 2. The molecule has 0 bridgehead atoms. The summed E-state index contributed by atoms with van der Waals surface area (Å²) in [5.74, 6) is -0.811. The molecule has 1 aromatic heterocycles. The number of nitrogens with one attached hydrogen (secondary N) is 1. The van der Waals surface area contributed by atoms with Crippen LogP contribution in [-0.4, -0.2) is 30.8 Å². The molecule has 0 amide bonds. The molecule has 6 nitrogen and oxygen atoms in total. The van der Waals surface area contributed by atoms with Gasteiger partial charge in [-0.05, 0) is 24.6 Å². The first-order valence-electron chi connectivity index (χ1n) is 6.04. The third-order valence-corrected chi connectivity index (χ3v) is 3.33. The maximum absolute atomic E-state index is 12.1. The smallest absolute Gasteiger partial charge is 0.417 e. The maximum Gasteiger partial charge on any atom is 0.417 e. The highest BCUT2D eigenvalue weighted by molar-refractivity contribution is 5.86. The molecule has 6 heteroatoms. The van der Waals surface area contributed by atoms with Crippen LogP contribution in [0.3, 0.4) is 0 Å². The molecule has 0 spiro atoms. The summed E-state index contributed by atoms with van der Waals surface area (Å²) in [5.41, 5.74) is 1.03. The van der Waals surface area contributed by atoms with Crippen LogP contribution in [-0.2, 0) is 19.7 Å². The molecule has 3 rings (SSSR count). The normalized spacial score (nSPS) is 17.1. The van der Waals surface area contributed by atoms with Gasteiger partial charge in [-0.1, -0.05) is 6.07 Å². The Labute approximate surface area is 108 Å². The Morgan fingerprint density at radius 2 is 2.26 bits per heavy atom. The Balaban J connectivity index is 2.06. The van der Waals surface area contributed by atoms with Crippen LogP contribution in [0.1, 0.15) is 12.5 Å². The van der Waals surface area contributed by atoms with Crippen LogP contribution in [0.15, 0.2) is 27.4 Å². The number of esters is 1. The van der Waals surface area contributed by atoms with Gasteiger partial charge < -0.3 is 13.9 Å². The van der Waals surface area contributed by atoms with E-state index < -0.39 is 11.2 Å². The summed E-state index contributed by atoms with van der Waals surface area (Å²) >= 11 is 0. The lowest BCUT2D eigenvalue weighted by Crippen LogP contribution is -2.53. The molecule has 1 fully saturated rings. The number of H-pyrrole nitrogens is 1. The zero-order valence-corrected chi connectivity index (χ0v) is 10.4. The van der Waals surface area contributed by atoms with Crippen molar-refractivity contribution in [2.45, 2.75) is 12.3 Å². The summed E-state index contributed by atoms with van der Waals surface area (Å²) in [4.78, 5) is 25.8. The minimum absolute atomic E-state index is 0.291. The average molecular weight is 263 g/mol. The second-order valence-electron chi connectivity index (χ2n) is 4.52. The molecule has 2 heterocycles. The van der Waals surface area contributed by atoms with Gasteiger partial charge >= 0.3 is 11.7 Å². The number of carbonyl (C=O) groups is 1. The van der Waals surface area contributed by atoms with Crippen LogP contribution in [0.2, 0.25) is 0 Å². The van der Waals surface area contributed by atoms with Crippen molar-refractivity contribution in [1.29, 1.82) is 0 Å². The average Bonchev–Trinajstić information content (AvgIpc) is 2.67. The zero-order chi connectivity index (χ0) is 13.5. The van der Waals surface area contributed by atoms with Crippen molar-refractivity contribution in [3.05, 3.63) is 34.3 Å². The first kappa shape index (κ1) is 12.0. The highest BCUT2D eigenvalue weighted by atomic mass is 16.6. The fraction of sp³-hybridized carbons (Fsp3) is 0.385. The molecular formula is C13H13NO5. The number of rotatable bonds is 3. The van der Waals surface area contributed by atoms with Crippen molar-refractivity contribution in [3.8, 4) is 0 Å². The number of carbonyl (C=O) groups excluding carboxylic acids is 1. The maximum atomic E-state index is 12.1. The molecule has 100 valence electrons. The van der Waals surface area contributed by atoms with Gasteiger partial charge in [-0.2, -0.15) is 0 Å². The fourth-order valence-corrected chi connectivity index (χ4v) is 2.23. The van der Waals surface area contributed by atoms with E-state index >= 15 is 0 Å². The second kappa shape index (κ2) is 4.24. The lowest BCUT2D eigenvalue weighted by Gasteiger charge is -2.39. The molecule has 1 aliphatic rings. The summed E-state index contributed by atoms with van der Waals surface area (Å²) in [5, 5.41) is 0. The molecule has 0 radical (unpaired) electrons. The Morgan fingerprint density at radius 3 is 2.89 bits per heavy atom. The number of oxazole rings is 1. The third kappa shape index (κ3) is 1.76. The van der Waals surface area contributed by atoms with E-state index in [0.29, 0.717) is 30.9 Å². The van der Waals surface area contributed by atoms with Crippen molar-refractivity contribution in [2.75, 3.05) is 19.8 Å². The molecule has 19 heavy (non-hydrogen) atoms. The van der Waals surface area contributed by atoms with Gasteiger partial charge in [0.15, 0.2) is 5.58 Å². The van der Waals surface area contributed by atoms with Crippen LogP contribution in [0, 0.1) is 0 Å². The van der Waals surface area contributed by atoms with Gasteiger partial charge in [-0.15, -0.1) is 0 Å². The van der Waals surface area contributed by atoms with Crippen LogP contribution < -0.4 is 5.76 Å². The van der Waals surface area contributed by atoms with Crippen molar-refractivity contribution in [3.63, 3.8) is 0 Å². The minimum atomic E-state index is -0.766. The van der Waals surface area contributed by atoms with Gasteiger partial charge in [0.1, 0.15) is 5.41 Å². The molecule has 1 aliphatic heterocycles. The summed E-state index contributed by atoms with van der Waals surface area (Å²) < 4.78 is 15.2. The third-order valence-electron chi connectivity index (χ3n) is 3.33. The van der Waals surface area contributed by atoms with E-state index in [9.17, 15) is 9.59 Å². The molecule has 1 aromatic carbocycles. The van der Waals surface area contributed by atoms with Crippen molar-refractivity contribution < 1.29 is 18.7 Å². The molecule has 1 saturated heterocycles. The van der Waals surface area contributed by atoms with E-state index in [1.165, 1.54) is 0 Å². The first-order valence-corrected chi connectivity index (χ1v) is 6.04. The van der Waals surface area contributed by atoms with Crippen LogP contribution in [0.25, 0.3) is 11.1 Å². The Kier molecular flexibility index (Phi) is 2.67. The van der Waals surface area contributed by atoms with E-state index in [2.05, 4.69) is 4.98 Å². The fourth-order valence-electron chi connectivity index (χ4n) is 2.23. The van der Waals surface area contributed by atoms with Crippen molar-refractivity contribution in [1.82, 2.24) is 4.98 Å². The van der Waals surface area contributed by atoms with Gasteiger partial charge in [0, 0.05) is 0 Å². The molecule has 0 atom stereocenters. The number of aromatic amines is 1. The summed E-state index contributed by atoms with van der Waals surface area (Å²) in [7, 11) is 0. The lowest BCUT2D eigenvalue weighted by molar-refractivity contribution is -0.169. The predicted molar refractivity (Wildman–Crippen MR) is 66.0 cm³/mol. The topological polar surface area (TPSA) is 81.5 Å². The molecule has 2 aromatic rings. The standard InChI is InChI=1S/C13H13NO5/c1-2-18-11(15)13(6-17-7-13)8-3-4-10-9(5-8)14-12(16)19-10/h3-5H,2,6-7H2,1H3,(H,14,16). The second-order valence-corrected chi connectivity index (χ2v) is 4.52. The van der Waals surface area contributed by atoms with E-state index in [1.54, 1.807) is 25.1 Å². The lowest BCUT2D eigenvalue weighted by atomic mass is 9.78. The largest absolute Gasteiger partial charge is 0.465 e. The predicted octanol–water partition coefficient (Wildman–Crippen LogP) is 0.952. The van der Waals surface area contributed by atoms with Crippen LogP contribution in [0.5, 0.6) is 0 Å².